The van der Waals surface area contributed by atoms with Crippen LogP contribution in [-0.2, 0) is 25.7 Å². The Kier molecular flexibility index (Phi) is 6.23. The Bertz CT molecular complexity index is 1390. The van der Waals surface area contributed by atoms with Crippen molar-refractivity contribution in [3.63, 3.8) is 0 Å². The molecule has 35 heavy (non-hydrogen) atoms. The summed E-state index contributed by atoms with van der Waals surface area (Å²) in [6, 6.07) is 13.3. The molecule has 2 aromatic carbocycles. The van der Waals surface area contributed by atoms with E-state index in [0.717, 1.165) is 15.8 Å². The maximum absolute atomic E-state index is 13.3. The molecule has 5 amide bonds. The zero-order valence-corrected chi connectivity index (χ0v) is 20.2. The van der Waals surface area contributed by atoms with Crippen molar-refractivity contribution < 1.29 is 23.9 Å². The zero-order valence-electron chi connectivity index (χ0n) is 18.6. The third kappa shape index (κ3) is 4.50. The molecular formula is C25H21BrN4O5. The number of barbiturate groups is 1. The Morgan fingerprint density at radius 3 is 2.60 bits per heavy atom. The van der Waals surface area contributed by atoms with Crippen molar-refractivity contribution in [3.05, 3.63) is 70.3 Å². The third-order valence-corrected chi connectivity index (χ3v) is 6.45. The predicted octanol–water partition coefficient (Wildman–Crippen LogP) is 2.93. The van der Waals surface area contributed by atoms with Gasteiger partial charge in [0.15, 0.2) is 0 Å². The topological polar surface area (TPSA) is 101 Å². The molecule has 0 radical (unpaired) electrons. The van der Waals surface area contributed by atoms with Crippen LogP contribution in [-0.4, -0.2) is 59.5 Å². The van der Waals surface area contributed by atoms with E-state index < -0.39 is 17.8 Å². The number of ether oxygens (including phenoxy) is 1. The first-order valence-electron chi connectivity index (χ1n) is 11.0. The molecule has 0 aliphatic carbocycles. The minimum atomic E-state index is -0.811. The fourth-order valence-corrected chi connectivity index (χ4v) is 4.63. The molecule has 0 unspecified atom stereocenters. The van der Waals surface area contributed by atoms with Crippen LogP contribution in [0.1, 0.15) is 5.56 Å². The van der Waals surface area contributed by atoms with Crippen LogP contribution in [0.3, 0.4) is 0 Å². The first kappa shape index (κ1) is 23.0. The highest BCUT2D eigenvalue weighted by atomic mass is 79.9. The first-order chi connectivity index (χ1) is 16.9. The quantitative estimate of drug-likeness (QED) is 0.408. The number of rotatable bonds is 4. The number of benzene rings is 2. The fraction of sp³-hybridized carbons (Fsp3) is 0.200. The number of hydrogen-bond acceptors (Lipinski definition) is 5. The van der Waals surface area contributed by atoms with E-state index in [4.69, 9.17) is 4.74 Å². The number of morpholine rings is 1. The smallest absolute Gasteiger partial charge is 0.335 e. The number of aromatic nitrogens is 1. The van der Waals surface area contributed by atoms with Gasteiger partial charge in [-0.05, 0) is 30.3 Å². The van der Waals surface area contributed by atoms with Crippen LogP contribution in [0.25, 0.3) is 17.0 Å². The Morgan fingerprint density at radius 1 is 1.06 bits per heavy atom. The van der Waals surface area contributed by atoms with Crippen LogP contribution in [0.5, 0.6) is 0 Å². The van der Waals surface area contributed by atoms with Gasteiger partial charge in [0.25, 0.3) is 11.8 Å². The second-order valence-corrected chi connectivity index (χ2v) is 9.08. The number of carbonyl (C=O) groups excluding carboxylic acids is 4. The number of nitrogens with one attached hydrogen (secondary N) is 1. The SMILES string of the molecule is O=C1NC(=O)N(c2cccc(Br)c2)C(=O)/C1=C/c1cn(CC(=O)N2CCOCC2)c2ccccc12. The Balaban J connectivity index is 1.51. The lowest BCUT2D eigenvalue weighted by Crippen LogP contribution is -2.54. The first-order valence-corrected chi connectivity index (χ1v) is 11.8. The number of hydrogen-bond donors (Lipinski definition) is 1. The molecule has 0 atom stereocenters. The summed E-state index contributed by atoms with van der Waals surface area (Å²) in [5, 5.41) is 3.02. The van der Waals surface area contributed by atoms with Gasteiger partial charge in [-0.15, -0.1) is 0 Å². The van der Waals surface area contributed by atoms with E-state index in [9.17, 15) is 19.2 Å². The molecule has 1 aromatic heterocycles. The summed E-state index contributed by atoms with van der Waals surface area (Å²) < 4.78 is 7.82. The summed E-state index contributed by atoms with van der Waals surface area (Å²) in [6.07, 6.45) is 3.21. The van der Waals surface area contributed by atoms with E-state index >= 15 is 0 Å². The van der Waals surface area contributed by atoms with E-state index in [1.165, 1.54) is 6.08 Å². The van der Waals surface area contributed by atoms with E-state index in [1.54, 1.807) is 35.4 Å². The predicted molar refractivity (Wildman–Crippen MR) is 132 cm³/mol. The molecule has 0 saturated carbocycles. The van der Waals surface area contributed by atoms with Gasteiger partial charge in [-0.3, -0.25) is 19.7 Å². The number of fused-ring (bicyclic) bond motifs is 1. The monoisotopic (exact) mass is 536 g/mol. The van der Waals surface area contributed by atoms with Crippen molar-refractivity contribution in [1.82, 2.24) is 14.8 Å². The number of anilines is 1. The van der Waals surface area contributed by atoms with Crippen molar-refractivity contribution in [1.29, 1.82) is 0 Å². The molecule has 3 heterocycles. The lowest BCUT2D eigenvalue weighted by Gasteiger charge is -2.27. The molecule has 2 aliphatic heterocycles. The molecule has 10 heteroatoms. The molecule has 5 rings (SSSR count). The number of para-hydroxylation sites is 1. The summed E-state index contributed by atoms with van der Waals surface area (Å²) in [5.41, 5.74) is 1.55. The van der Waals surface area contributed by atoms with Crippen LogP contribution in [0.2, 0.25) is 0 Å². The molecule has 3 aromatic rings. The molecule has 0 bridgehead atoms. The van der Waals surface area contributed by atoms with Gasteiger partial charge in [0.1, 0.15) is 12.1 Å². The summed E-state index contributed by atoms with van der Waals surface area (Å²) in [5.74, 6) is -1.53. The minimum Gasteiger partial charge on any atom is -0.378 e. The molecule has 2 aliphatic rings. The van der Waals surface area contributed by atoms with Crippen molar-refractivity contribution in [2.45, 2.75) is 6.54 Å². The van der Waals surface area contributed by atoms with Crippen molar-refractivity contribution in [3.8, 4) is 0 Å². The highest BCUT2D eigenvalue weighted by Gasteiger charge is 2.37. The molecule has 0 spiro atoms. The van der Waals surface area contributed by atoms with Crippen molar-refractivity contribution in [2.24, 2.45) is 0 Å². The van der Waals surface area contributed by atoms with Crippen LogP contribution in [0, 0.1) is 0 Å². The second kappa shape index (κ2) is 9.47. The highest BCUT2D eigenvalue weighted by Crippen LogP contribution is 2.28. The molecule has 2 saturated heterocycles. The maximum atomic E-state index is 13.3. The largest absolute Gasteiger partial charge is 0.378 e. The molecule has 9 nitrogen and oxygen atoms in total. The number of halogens is 1. The number of imide groups is 2. The minimum absolute atomic E-state index is 0.0360. The Morgan fingerprint density at radius 2 is 1.83 bits per heavy atom. The van der Waals surface area contributed by atoms with Gasteiger partial charge in [0.05, 0.1) is 18.9 Å². The maximum Gasteiger partial charge on any atom is 0.335 e. The van der Waals surface area contributed by atoms with Crippen LogP contribution in [0.15, 0.2) is 64.8 Å². The average Bonchev–Trinajstić information content (AvgIpc) is 3.19. The summed E-state index contributed by atoms with van der Waals surface area (Å²) in [6.45, 7) is 2.23. The Hall–Kier alpha value is -3.76. The number of carbonyl (C=O) groups is 4. The fourth-order valence-electron chi connectivity index (χ4n) is 4.24. The van der Waals surface area contributed by atoms with Crippen LogP contribution in [0.4, 0.5) is 10.5 Å². The van der Waals surface area contributed by atoms with Gasteiger partial charge in [0, 0.05) is 40.2 Å². The standard InChI is InChI=1S/C25H21BrN4O5/c26-17-4-3-5-18(13-17)30-24(33)20(23(32)27-25(30)34)12-16-14-29(21-7-2-1-6-19(16)21)15-22(31)28-8-10-35-11-9-28/h1-7,12-14H,8-11,15H2,(H,27,32,34)/b20-12+. The van der Waals surface area contributed by atoms with Gasteiger partial charge in [0.2, 0.25) is 5.91 Å². The van der Waals surface area contributed by atoms with Crippen LogP contribution < -0.4 is 10.2 Å². The number of urea groups is 1. The van der Waals surface area contributed by atoms with Gasteiger partial charge in [-0.2, -0.15) is 0 Å². The summed E-state index contributed by atoms with van der Waals surface area (Å²) in [7, 11) is 0. The van der Waals surface area contributed by atoms with E-state index in [0.29, 0.717) is 42.0 Å². The van der Waals surface area contributed by atoms with Crippen LogP contribution >= 0.6 is 15.9 Å². The lowest BCUT2D eigenvalue weighted by molar-refractivity contribution is -0.135. The van der Waals surface area contributed by atoms with Gasteiger partial charge >= 0.3 is 6.03 Å². The highest BCUT2D eigenvalue weighted by molar-refractivity contribution is 9.10. The van der Waals surface area contributed by atoms with Crippen molar-refractivity contribution in [2.75, 3.05) is 31.2 Å². The van der Waals surface area contributed by atoms with Gasteiger partial charge in [-0.25, -0.2) is 9.69 Å². The number of amides is 5. The number of nitrogens with zero attached hydrogens (tertiary/aromatic N) is 3. The molecular weight excluding hydrogens is 516 g/mol. The summed E-state index contributed by atoms with van der Waals surface area (Å²) in [4.78, 5) is 53.9. The Labute approximate surface area is 209 Å². The third-order valence-electron chi connectivity index (χ3n) is 5.96. The summed E-state index contributed by atoms with van der Waals surface area (Å²) >= 11 is 3.34. The molecule has 2 fully saturated rings. The van der Waals surface area contributed by atoms with Gasteiger partial charge < -0.3 is 14.2 Å². The lowest BCUT2D eigenvalue weighted by atomic mass is 10.1. The molecule has 1 N–H and O–H groups in total. The molecule has 178 valence electrons. The van der Waals surface area contributed by atoms with Crippen molar-refractivity contribution >= 4 is 62.3 Å². The average molecular weight is 537 g/mol. The normalized spacial score (nSPS) is 17.9. The van der Waals surface area contributed by atoms with E-state index in [2.05, 4.69) is 21.2 Å². The zero-order chi connectivity index (χ0) is 24.5. The second-order valence-electron chi connectivity index (χ2n) is 8.16. The van der Waals surface area contributed by atoms with Gasteiger partial charge in [-0.1, -0.05) is 40.2 Å². The van der Waals surface area contributed by atoms with E-state index in [1.807, 2.05) is 28.8 Å². The van der Waals surface area contributed by atoms with E-state index in [-0.39, 0.29) is 18.0 Å².